The molecule has 2 nitrogen and oxygen atoms in total. The highest BCUT2D eigenvalue weighted by atomic mass is 16.5. The van der Waals surface area contributed by atoms with Gasteiger partial charge in [-0.3, -0.25) is 4.79 Å². The van der Waals surface area contributed by atoms with Crippen molar-refractivity contribution < 1.29 is 9.53 Å². The highest BCUT2D eigenvalue weighted by Crippen LogP contribution is 1.94. The lowest BCUT2D eigenvalue weighted by Gasteiger charge is -2.03. The lowest BCUT2D eigenvalue weighted by Crippen LogP contribution is -2.08. The van der Waals surface area contributed by atoms with Crippen LogP contribution in [0.4, 0.5) is 0 Å². The lowest BCUT2D eigenvalue weighted by atomic mass is 10.2. The van der Waals surface area contributed by atoms with Crippen LogP contribution in [0.25, 0.3) is 0 Å². The summed E-state index contributed by atoms with van der Waals surface area (Å²) < 4.78 is 4.84. The molecule has 0 radical (unpaired) electrons. The maximum atomic E-state index is 10.3. The molecule has 0 aliphatic rings. The van der Waals surface area contributed by atoms with Crippen LogP contribution in [0.15, 0.2) is 0 Å². The standard InChI is InChI=1S/C6H12O2.2CH4/c1-5(7)4-6(2)8-3;;/h6H,4H2,1-3H3;2*1H4. The Labute approximate surface area is 64.6 Å². The highest BCUT2D eigenvalue weighted by Gasteiger charge is 2.00. The summed E-state index contributed by atoms with van der Waals surface area (Å²) in [5.74, 6) is 0.180. The van der Waals surface area contributed by atoms with E-state index in [1.165, 1.54) is 0 Å². The SMILES string of the molecule is C.C.COC(C)CC(C)=O. The van der Waals surface area contributed by atoms with E-state index in [2.05, 4.69) is 0 Å². The molecule has 0 saturated heterocycles. The van der Waals surface area contributed by atoms with Crippen molar-refractivity contribution in [2.45, 2.75) is 41.2 Å². The van der Waals surface area contributed by atoms with Crippen LogP contribution < -0.4 is 0 Å². The zero-order chi connectivity index (χ0) is 6.57. The van der Waals surface area contributed by atoms with Crippen molar-refractivity contribution in [2.24, 2.45) is 0 Å². The van der Waals surface area contributed by atoms with Crippen molar-refractivity contribution in [3.8, 4) is 0 Å². The summed E-state index contributed by atoms with van der Waals surface area (Å²) in [6.45, 7) is 3.44. The van der Waals surface area contributed by atoms with Crippen LogP contribution in [-0.2, 0) is 9.53 Å². The van der Waals surface area contributed by atoms with Gasteiger partial charge in [-0.2, -0.15) is 0 Å². The average molecular weight is 148 g/mol. The monoisotopic (exact) mass is 148 g/mol. The van der Waals surface area contributed by atoms with E-state index in [1.54, 1.807) is 14.0 Å². The molecule has 2 heteroatoms. The average Bonchev–Trinajstić information content (AvgIpc) is 1.65. The molecule has 0 spiro atoms. The molecule has 0 aromatic heterocycles. The van der Waals surface area contributed by atoms with Crippen molar-refractivity contribution >= 4 is 5.78 Å². The fourth-order valence-electron chi connectivity index (χ4n) is 0.488. The van der Waals surface area contributed by atoms with Crippen LogP contribution in [0.5, 0.6) is 0 Å². The van der Waals surface area contributed by atoms with Crippen LogP contribution in [0.3, 0.4) is 0 Å². The number of ether oxygens (including phenoxy) is 1. The third-order valence-corrected chi connectivity index (χ3v) is 0.977. The number of hydrogen-bond donors (Lipinski definition) is 0. The van der Waals surface area contributed by atoms with E-state index in [0.29, 0.717) is 6.42 Å². The normalized spacial score (nSPS) is 10.7. The van der Waals surface area contributed by atoms with Crippen molar-refractivity contribution in [1.29, 1.82) is 0 Å². The predicted octanol–water partition coefficient (Wildman–Crippen LogP) is 2.27. The van der Waals surface area contributed by atoms with Crippen molar-refractivity contribution in [1.82, 2.24) is 0 Å². The molecule has 0 N–H and O–H groups in total. The smallest absolute Gasteiger partial charge is 0.132 e. The van der Waals surface area contributed by atoms with E-state index in [-0.39, 0.29) is 26.7 Å². The molecule has 0 aliphatic carbocycles. The molecule has 0 rings (SSSR count). The second kappa shape index (κ2) is 8.63. The molecular weight excluding hydrogens is 128 g/mol. The van der Waals surface area contributed by atoms with E-state index < -0.39 is 0 Å². The first kappa shape index (κ1) is 16.3. The van der Waals surface area contributed by atoms with Crippen LogP contribution in [-0.4, -0.2) is 19.0 Å². The third-order valence-electron chi connectivity index (χ3n) is 0.977. The Bertz CT molecular complexity index is 79.3. The van der Waals surface area contributed by atoms with Gasteiger partial charge >= 0.3 is 0 Å². The lowest BCUT2D eigenvalue weighted by molar-refractivity contribution is -0.119. The number of hydrogen-bond acceptors (Lipinski definition) is 2. The summed E-state index contributed by atoms with van der Waals surface area (Å²) >= 11 is 0. The number of rotatable bonds is 3. The molecule has 0 amide bonds. The second-order valence-electron chi connectivity index (χ2n) is 1.95. The first-order valence-electron chi connectivity index (χ1n) is 2.69. The van der Waals surface area contributed by atoms with Gasteiger partial charge in [0.1, 0.15) is 5.78 Å². The van der Waals surface area contributed by atoms with Crippen molar-refractivity contribution in [2.75, 3.05) is 7.11 Å². The first-order valence-corrected chi connectivity index (χ1v) is 2.69. The molecule has 1 atom stereocenters. The van der Waals surface area contributed by atoms with Crippen molar-refractivity contribution in [3.05, 3.63) is 0 Å². The van der Waals surface area contributed by atoms with Gasteiger partial charge < -0.3 is 4.74 Å². The Morgan fingerprint density at radius 3 is 2.00 bits per heavy atom. The van der Waals surface area contributed by atoms with E-state index >= 15 is 0 Å². The number of carbonyl (C=O) groups excluding carboxylic acids is 1. The second-order valence-corrected chi connectivity index (χ2v) is 1.95. The summed E-state index contributed by atoms with van der Waals surface area (Å²) in [5, 5.41) is 0. The largest absolute Gasteiger partial charge is 0.381 e. The maximum Gasteiger partial charge on any atom is 0.132 e. The summed E-state index contributed by atoms with van der Waals surface area (Å²) in [5.41, 5.74) is 0. The van der Waals surface area contributed by atoms with Crippen LogP contribution in [0.2, 0.25) is 0 Å². The molecule has 0 saturated carbocycles. The minimum Gasteiger partial charge on any atom is -0.381 e. The van der Waals surface area contributed by atoms with E-state index in [0.717, 1.165) is 0 Å². The van der Waals surface area contributed by atoms with Gasteiger partial charge in [-0.25, -0.2) is 0 Å². The zero-order valence-electron chi connectivity index (χ0n) is 5.60. The topological polar surface area (TPSA) is 26.3 Å². The van der Waals surface area contributed by atoms with Gasteiger partial charge in [-0.1, -0.05) is 14.9 Å². The van der Waals surface area contributed by atoms with Gasteiger partial charge in [0.2, 0.25) is 0 Å². The van der Waals surface area contributed by atoms with Gasteiger partial charge in [0.05, 0.1) is 6.10 Å². The maximum absolute atomic E-state index is 10.3. The van der Waals surface area contributed by atoms with E-state index in [4.69, 9.17) is 4.74 Å². The zero-order valence-corrected chi connectivity index (χ0v) is 5.60. The molecule has 10 heavy (non-hydrogen) atoms. The fraction of sp³-hybridized carbons (Fsp3) is 0.875. The molecule has 0 fully saturated rings. The molecule has 1 unspecified atom stereocenters. The Morgan fingerprint density at radius 2 is 1.90 bits per heavy atom. The Kier molecular flexibility index (Phi) is 14.1. The summed E-state index contributed by atoms with van der Waals surface area (Å²) in [6.07, 6.45) is 0.601. The van der Waals surface area contributed by atoms with Gasteiger partial charge in [-0.05, 0) is 13.8 Å². The molecule has 0 aliphatic heterocycles. The summed E-state index contributed by atoms with van der Waals surface area (Å²) in [7, 11) is 1.60. The van der Waals surface area contributed by atoms with Crippen LogP contribution in [0, 0.1) is 0 Å². The van der Waals surface area contributed by atoms with Crippen LogP contribution in [0.1, 0.15) is 35.1 Å². The minimum absolute atomic E-state index is 0. The number of Topliss-reactive ketones (excluding diaryl/α,β-unsaturated/α-hetero) is 1. The Morgan fingerprint density at radius 1 is 1.50 bits per heavy atom. The number of carbonyl (C=O) groups is 1. The van der Waals surface area contributed by atoms with Crippen LogP contribution >= 0.6 is 0 Å². The highest BCUT2D eigenvalue weighted by molar-refractivity contribution is 5.75. The van der Waals surface area contributed by atoms with E-state index in [1.807, 2.05) is 6.92 Å². The quantitative estimate of drug-likeness (QED) is 0.613. The summed E-state index contributed by atoms with van der Waals surface area (Å²) in [4.78, 5) is 10.3. The summed E-state index contributed by atoms with van der Waals surface area (Å²) in [6, 6.07) is 0. The number of methoxy groups -OCH3 is 1. The minimum atomic E-state index is 0. The van der Waals surface area contributed by atoms with Gasteiger partial charge in [0.15, 0.2) is 0 Å². The molecule has 64 valence electrons. The Hall–Kier alpha value is -0.370. The van der Waals surface area contributed by atoms with E-state index in [9.17, 15) is 4.79 Å². The third kappa shape index (κ3) is 10.6. The molecule has 0 aromatic carbocycles. The van der Waals surface area contributed by atoms with Crippen molar-refractivity contribution in [3.63, 3.8) is 0 Å². The molecule has 0 aromatic rings. The number of ketones is 1. The fourth-order valence-corrected chi connectivity index (χ4v) is 0.488. The predicted molar refractivity (Wildman–Crippen MR) is 45.2 cm³/mol. The molecular formula is C8H20O2. The molecule has 0 bridgehead atoms. The van der Waals surface area contributed by atoms with Gasteiger partial charge in [0.25, 0.3) is 0 Å². The van der Waals surface area contributed by atoms with Gasteiger partial charge in [-0.15, -0.1) is 0 Å². The Balaban J connectivity index is -0.000000245. The first-order chi connectivity index (χ1) is 3.66. The van der Waals surface area contributed by atoms with Gasteiger partial charge in [0, 0.05) is 13.5 Å². The molecule has 0 heterocycles.